The summed E-state index contributed by atoms with van der Waals surface area (Å²) >= 11 is 0. The Morgan fingerprint density at radius 1 is 1.54 bits per heavy atom. The van der Waals surface area contributed by atoms with Crippen molar-refractivity contribution in [3.63, 3.8) is 0 Å². The smallest absolute Gasteiger partial charge is 0.0952 e. The Morgan fingerprint density at radius 2 is 2.23 bits per heavy atom. The van der Waals surface area contributed by atoms with Gasteiger partial charge in [-0.1, -0.05) is 19.8 Å². The molecule has 2 heteroatoms. The summed E-state index contributed by atoms with van der Waals surface area (Å²) in [5, 5.41) is 12.3. The van der Waals surface area contributed by atoms with E-state index in [1.807, 2.05) is 0 Å². The maximum absolute atomic E-state index is 8.82. The standard InChI is InChI=1S/C11H18N2/c1-2-9(8-12)13-10-7-11(10)5-3-4-6-11/h9-10,13H,2-7H2,1H3. The molecule has 2 unspecified atom stereocenters. The monoisotopic (exact) mass is 178 g/mol. The van der Waals surface area contributed by atoms with Crippen molar-refractivity contribution in [3.8, 4) is 6.07 Å². The van der Waals surface area contributed by atoms with Crippen molar-refractivity contribution >= 4 is 0 Å². The topological polar surface area (TPSA) is 35.8 Å². The Kier molecular flexibility index (Phi) is 2.29. The first-order valence-electron chi connectivity index (χ1n) is 5.46. The number of hydrogen-bond acceptors (Lipinski definition) is 2. The Bertz CT molecular complexity index is 223. The fourth-order valence-corrected chi connectivity index (χ4v) is 2.70. The first kappa shape index (κ1) is 9.02. The van der Waals surface area contributed by atoms with E-state index in [0.29, 0.717) is 11.5 Å². The lowest BCUT2D eigenvalue weighted by molar-refractivity contribution is 0.448. The molecule has 0 bridgehead atoms. The van der Waals surface area contributed by atoms with E-state index in [-0.39, 0.29) is 6.04 Å². The predicted octanol–water partition coefficient (Wildman–Crippen LogP) is 2.21. The molecule has 72 valence electrons. The van der Waals surface area contributed by atoms with Crippen molar-refractivity contribution < 1.29 is 0 Å². The summed E-state index contributed by atoms with van der Waals surface area (Å²) in [4.78, 5) is 0. The van der Waals surface area contributed by atoms with E-state index in [1.54, 1.807) is 0 Å². The molecule has 0 aromatic rings. The van der Waals surface area contributed by atoms with Crippen LogP contribution in [0.5, 0.6) is 0 Å². The third kappa shape index (κ3) is 1.58. The molecule has 2 atom stereocenters. The third-order valence-electron chi connectivity index (χ3n) is 3.76. The zero-order valence-electron chi connectivity index (χ0n) is 8.34. The first-order chi connectivity index (χ1) is 6.30. The van der Waals surface area contributed by atoms with Gasteiger partial charge in [-0.2, -0.15) is 5.26 Å². The fraction of sp³-hybridized carbons (Fsp3) is 0.909. The number of rotatable bonds is 3. The van der Waals surface area contributed by atoms with Crippen molar-refractivity contribution in [2.24, 2.45) is 5.41 Å². The van der Waals surface area contributed by atoms with E-state index in [2.05, 4.69) is 18.3 Å². The van der Waals surface area contributed by atoms with Gasteiger partial charge in [-0.15, -0.1) is 0 Å². The van der Waals surface area contributed by atoms with Gasteiger partial charge < -0.3 is 0 Å². The molecule has 1 spiro atoms. The minimum absolute atomic E-state index is 0.0879. The normalized spacial score (nSPS) is 31.5. The van der Waals surface area contributed by atoms with Crippen LogP contribution in [0.25, 0.3) is 0 Å². The molecule has 2 rings (SSSR count). The third-order valence-corrected chi connectivity index (χ3v) is 3.76. The van der Waals surface area contributed by atoms with Gasteiger partial charge in [-0.05, 0) is 31.1 Å². The van der Waals surface area contributed by atoms with Gasteiger partial charge in [0.2, 0.25) is 0 Å². The molecule has 2 aliphatic rings. The van der Waals surface area contributed by atoms with E-state index >= 15 is 0 Å². The Hall–Kier alpha value is -0.550. The lowest BCUT2D eigenvalue weighted by Crippen LogP contribution is -2.31. The largest absolute Gasteiger partial charge is 0.299 e. The molecule has 2 nitrogen and oxygen atoms in total. The van der Waals surface area contributed by atoms with Gasteiger partial charge in [0, 0.05) is 6.04 Å². The lowest BCUT2D eigenvalue weighted by Gasteiger charge is -2.12. The van der Waals surface area contributed by atoms with Gasteiger partial charge in [-0.25, -0.2) is 0 Å². The van der Waals surface area contributed by atoms with Gasteiger partial charge in [-0.3, -0.25) is 5.32 Å². The van der Waals surface area contributed by atoms with Crippen LogP contribution in [-0.4, -0.2) is 12.1 Å². The molecule has 2 saturated carbocycles. The van der Waals surface area contributed by atoms with Crippen molar-refractivity contribution in [3.05, 3.63) is 0 Å². The quantitative estimate of drug-likeness (QED) is 0.719. The van der Waals surface area contributed by atoms with Crippen LogP contribution in [0.4, 0.5) is 0 Å². The Morgan fingerprint density at radius 3 is 2.77 bits per heavy atom. The minimum Gasteiger partial charge on any atom is -0.299 e. The van der Waals surface area contributed by atoms with Crippen LogP contribution in [0.2, 0.25) is 0 Å². The summed E-state index contributed by atoms with van der Waals surface area (Å²) in [7, 11) is 0. The van der Waals surface area contributed by atoms with Crippen LogP contribution in [0.1, 0.15) is 45.4 Å². The lowest BCUT2D eigenvalue weighted by atomic mass is 10.0. The number of nitriles is 1. The highest BCUT2D eigenvalue weighted by Crippen LogP contribution is 2.57. The Labute approximate surface area is 80.3 Å². The van der Waals surface area contributed by atoms with Crippen LogP contribution in [0.3, 0.4) is 0 Å². The number of nitrogens with one attached hydrogen (secondary N) is 1. The summed E-state index contributed by atoms with van der Waals surface area (Å²) in [5.41, 5.74) is 0.629. The van der Waals surface area contributed by atoms with E-state index in [1.165, 1.54) is 32.1 Å². The van der Waals surface area contributed by atoms with Crippen LogP contribution < -0.4 is 5.32 Å². The molecule has 0 aliphatic heterocycles. The second-order valence-electron chi connectivity index (χ2n) is 4.58. The predicted molar refractivity (Wildman–Crippen MR) is 52.1 cm³/mol. The highest BCUT2D eigenvalue weighted by molar-refractivity contribution is 5.12. The molecule has 0 aromatic heterocycles. The van der Waals surface area contributed by atoms with Gasteiger partial charge in [0.15, 0.2) is 0 Å². The first-order valence-corrected chi connectivity index (χ1v) is 5.46. The zero-order chi connectivity index (χ0) is 9.31. The van der Waals surface area contributed by atoms with Crippen LogP contribution in [-0.2, 0) is 0 Å². The van der Waals surface area contributed by atoms with Gasteiger partial charge in [0.05, 0.1) is 12.1 Å². The van der Waals surface area contributed by atoms with Crippen LogP contribution in [0.15, 0.2) is 0 Å². The fourth-order valence-electron chi connectivity index (χ4n) is 2.70. The van der Waals surface area contributed by atoms with Gasteiger partial charge >= 0.3 is 0 Å². The van der Waals surface area contributed by atoms with E-state index in [4.69, 9.17) is 5.26 Å². The van der Waals surface area contributed by atoms with E-state index < -0.39 is 0 Å². The summed E-state index contributed by atoms with van der Waals surface area (Å²) in [5.74, 6) is 0. The summed E-state index contributed by atoms with van der Waals surface area (Å²) in [6.07, 6.45) is 7.86. The summed E-state index contributed by atoms with van der Waals surface area (Å²) in [6, 6.07) is 3.07. The van der Waals surface area contributed by atoms with E-state index in [9.17, 15) is 0 Å². The number of hydrogen-bond donors (Lipinski definition) is 1. The van der Waals surface area contributed by atoms with Crippen molar-refractivity contribution in [2.75, 3.05) is 0 Å². The molecule has 0 radical (unpaired) electrons. The van der Waals surface area contributed by atoms with Crippen molar-refractivity contribution in [2.45, 2.75) is 57.5 Å². The zero-order valence-corrected chi connectivity index (χ0v) is 8.34. The molecule has 2 fully saturated rings. The molecule has 2 aliphatic carbocycles. The minimum atomic E-state index is 0.0879. The molecule has 0 aromatic carbocycles. The van der Waals surface area contributed by atoms with Crippen LogP contribution >= 0.6 is 0 Å². The second kappa shape index (κ2) is 3.31. The maximum Gasteiger partial charge on any atom is 0.0952 e. The average Bonchev–Trinajstić information content (AvgIpc) is 2.59. The maximum atomic E-state index is 8.82. The molecule has 0 heterocycles. The van der Waals surface area contributed by atoms with Crippen molar-refractivity contribution in [1.29, 1.82) is 5.26 Å². The van der Waals surface area contributed by atoms with Crippen LogP contribution in [0, 0.1) is 16.7 Å². The highest BCUT2D eigenvalue weighted by atomic mass is 15.0. The second-order valence-corrected chi connectivity index (χ2v) is 4.58. The van der Waals surface area contributed by atoms with Gasteiger partial charge in [0.1, 0.15) is 0 Å². The Balaban J connectivity index is 1.83. The summed E-state index contributed by atoms with van der Waals surface area (Å²) < 4.78 is 0. The molecular formula is C11H18N2. The van der Waals surface area contributed by atoms with Gasteiger partial charge in [0.25, 0.3) is 0 Å². The molecule has 13 heavy (non-hydrogen) atoms. The average molecular weight is 178 g/mol. The molecule has 0 saturated heterocycles. The highest BCUT2D eigenvalue weighted by Gasteiger charge is 2.55. The van der Waals surface area contributed by atoms with E-state index in [0.717, 1.165) is 6.42 Å². The molecule has 0 amide bonds. The summed E-state index contributed by atoms with van der Waals surface area (Å²) in [6.45, 7) is 2.07. The van der Waals surface area contributed by atoms with Crippen molar-refractivity contribution in [1.82, 2.24) is 5.32 Å². The SMILES string of the molecule is CCC(C#N)NC1CC12CCCC2. The number of nitrogens with zero attached hydrogens (tertiary/aromatic N) is 1. The molecule has 1 N–H and O–H groups in total. The molecular weight excluding hydrogens is 160 g/mol.